The Kier molecular flexibility index (Phi) is 8.02. The number of aryl methyl sites for hydroxylation is 1. The standard InChI is InChI=1S/C22H34N2O3.CH4/c1-22(2,3)27-21(25)24-13-10-17(11-14-24)6-5-15-26-19-8-9-20-18(16-19)7-4-12-23-20;/h8-9,16-17,23H,4-7,10-15H2,1-3H3;1H4. The number of amides is 1. The summed E-state index contributed by atoms with van der Waals surface area (Å²) in [5.41, 5.74) is 2.21. The normalized spacial score (nSPS) is 17.2. The molecule has 1 N–H and O–H groups in total. The number of ether oxygens (including phenoxy) is 2. The van der Waals surface area contributed by atoms with Crippen LogP contribution in [0.2, 0.25) is 0 Å². The summed E-state index contributed by atoms with van der Waals surface area (Å²) < 4.78 is 11.4. The fraction of sp³-hybridized carbons (Fsp3) is 0.696. The highest BCUT2D eigenvalue weighted by Gasteiger charge is 2.26. The SMILES string of the molecule is C.CC(C)(C)OC(=O)N1CCC(CCCOc2ccc3c(c2)CCCN3)CC1. The smallest absolute Gasteiger partial charge is 0.410 e. The summed E-state index contributed by atoms with van der Waals surface area (Å²) in [5.74, 6) is 1.66. The minimum absolute atomic E-state index is 0. The highest BCUT2D eigenvalue weighted by Crippen LogP contribution is 2.27. The summed E-state index contributed by atoms with van der Waals surface area (Å²) in [6, 6.07) is 6.38. The van der Waals surface area contributed by atoms with Crippen LogP contribution in [0.25, 0.3) is 0 Å². The number of nitrogens with zero attached hydrogens (tertiary/aromatic N) is 1. The number of hydrogen-bond donors (Lipinski definition) is 1. The molecule has 2 heterocycles. The van der Waals surface area contributed by atoms with E-state index in [-0.39, 0.29) is 13.5 Å². The second-order valence-electron chi connectivity index (χ2n) is 8.75. The van der Waals surface area contributed by atoms with Gasteiger partial charge >= 0.3 is 6.09 Å². The van der Waals surface area contributed by atoms with Crippen LogP contribution in [0.1, 0.15) is 65.9 Å². The van der Waals surface area contributed by atoms with Gasteiger partial charge in [0, 0.05) is 25.3 Å². The van der Waals surface area contributed by atoms with Gasteiger partial charge in [-0.3, -0.25) is 0 Å². The number of fused-ring (bicyclic) bond motifs is 1. The van der Waals surface area contributed by atoms with Crippen LogP contribution in [0, 0.1) is 5.92 Å². The monoisotopic (exact) mass is 390 g/mol. The number of nitrogens with one attached hydrogen (secondary N) is 1. The van der Waals surface area contributed by atoms with E-state index in [1.807, 2.05) is 25.7 Å². The predicted octanol–water partition coefficient (Wildman–Crippen LogP) is 5.49. The molecule has 0 aromatic heterocycles. The molecule has 5 heteroatoms. The van der Waals surface area contributed by atoms with Gasteiger partial charge in [-0.05, 0) is 89.0 Å². The molecule has 0 unspecified atom stereocenters. The first-order valence-corrected chi connectivity index (χ1v) is 10.4. The first kappa shape index (κ1) is 22.4. The van der Waals surface area contributed by atoms with Crippen molar-refractivity contribution in [2.24, 2.45) is 5.92 Å². The highest BCUT2D eigenvalue weighted by atomic mass is 16.6. The highest BCUT2D eigenvalue weighted by molar-refractivity contribution is 5.68. The minimum Gasteiger partial charge on any atom is -0.494 e. The summed E-state index contributed by atoms with van der Waals surface area (Å²) in [6.45, 7) is 9.18. The van der Waals surface area contributed by atoms with E-state index >= 15 is 0 Å². The molecule has 0 spiro atoms. The van der Waals surface area contributed by atoms with Gasteiger partial charge in [0.1, 0.15) is 11.4 Å². The van der Waals surface area contributed by atoms with Gasteiger partial charge in [-0.2, -0.15) is 0 Å². The molecular weight excluding hydrogens is 352 g/mol. The molecule has 3 rings (SSSR count). The van der Waals surface area contributed by atoms with Gasteiger partial charge in [0.25, 0.3) is 0 Å². The maximum atomic E-state index is 12.1. The summed E-state index contributed by atoms with van der Waals surface area (Å²) >= 11 is 0. The Balaban J connectivity index is 0.00000280. The molecule has 0 bridgehead atoms. The molecule has 1 aromatic rings. The van der Waals surface area contributed by atoms with E-state index in [9.17, 15) is 4.79 Å². The number of benzene rings is 1. The van der Waals surface area contributed by atoms with Gasteiger partial charge in [-0.15, -0.1) is 0 Å². The van der Waals surface area contributed by atoms with Gasteiger partial charge in [-0.25, -0.2) is 4.79 Å². The van der Waals surface area contributed by atoms with Crippen molar-refractivity contribution >= 4 is 11.8 Å². The lowest BCUT2D eigenvalue weighted by atomic mass is 9.92. The third kappa shape index (κ3) is 6.61. The zero-order chi connectivity index (χ0) is 19.3. The zero-order valence-corrected chi connectivity index (χ0v) is 17.1. The molecule has 1 saturated heterocycles. The van der Waals surface area contributed by atoms with Gasteiger partial charge in [0.05, 0.1) is 6.61 Å². The van der Waals surface area contributed by atoms with Gasteiger partial charge < -0.3 is 19.7 Å². The van der Waals surface area contributed by atoms with E-state index < -0.39 is 5.60 Å². The molecule has 28 heavy (non-hydrogen) atoms. The van der Waals surface area contributed by atoms with Crippen LogP contribution in [-0.2, 0) is 11.2 Å². The number of likely N-dealkylation sites (tertiary alicyclic amines) is 1. The van der Waals surface area contributed by atoms with E-state index in [2.05, 4.69) is 23.5 Å². The van der Waals surface area contributed by atoms with E-state index in [4.69, 9.17) is 9.47 Å². The van der Waals surface area contributed by atoms with Crippen LogP contribution in [0.4, 0.5) is 10.5 Å². The van der Waals surface area contributed by atoms with E-state index in [1.54, 1.807) is 0 Å². The molecule has 5 nitrogen and oxygen atoms in total. The van der Waals surface area contributed by atoms with Crippen LogP contribution in [-0.4, -0.2) is 42.8 Å². The lowest BCUT2D eigenvalue weighted by molar-refractivity contribution is 0.0179. The average Bonchev–Trinajstić information content (AvgIpc) is 2.64. The Bertz CT molecular complexity index is 631. The van der Waals surface area contributed by atoms with Crippen molar-refractivity contribution < 1.29 is 14.3 Å². The van der Waals surface area contributed by atoms with Crippen molar-refractivity contribution in [1.82, 2.24) is 4.90 Å². The minimum atomic E-state index is -0.419. The molecule has 0 atom stereocenters. The number of rotatable bonds is 5. The molecule has 0 aliphatic carbocycles. The first-order chi connectivity index (χ1) is 12.9. The number of piperidine rings is 1. The Hall–Kier alpha value is -1.91. The van der Waals surface area contributed by atoms with Crippen molar-refractivity contribution in [3.05, 3.63) is 23.8 Å². The number of carbonyl (C=O) groups excluding carboxylic acids is 1. The molecule has 1 aromatic carbocycles. The molecule has 0 radical (unpaired) electrons. The maximum absolute atomic E-state index is 12.1. The summed E-state index contributed by atoms with van der Waals surface area (Å²) in [7, 11) is 0. The lowest BCUT2D eigenvalue weighted by Gasteiger charge is -2.33. The first-order valence-electron chi connectivity index (χ1n) is 10.4. The molecule has 1 amide bonds. The third-order valence-electron chi connectivity index (χ3n) is 5.31. The molecule has 2 aliphatic heterocycles. The fourth-order valence-corrected chi connectivity index (χ4v) is 3.83. The predicted molar refractivity (Wildman–Crippen MR) is 115 cm³/mol. The zero-order valence-electron chi connectivity index (χ0n) is 17.1. The van der Waals surface area contributed by atoms with Gasteiger partial charge in [0.2, 0.25) is 0 Å². The third-order valence-corrected chi connectivity index (χ3v) is 5.31. The lowest BCUT2D eigenvalue weighted by Crippen LogP contribution is -2.41. The van der Waals surface area contributed by atoms with Gasteiger partial charge in [0.15, 0.2) is 0 Å². The number of hydrogen-bond acceptors (Lipinski definition) is 4. The summed E-state index contributed by atoms with van der Waals surface area (Å²) in [5, 5.41) is 3.43. The largest absolute Gasteiger partial charge is 0.494 e. The van der Waals surface area contributed by atoms with Crippen molar-refractivity contribution in [2.45, 2.75) is 72.3 Å². The Morgan fingerprint density at radius 3 is 2.71 bits per heavy atom. The second kappa shape index (κ2) is 10.0. The Labute approximate surface area is 170 Å². The molecule has 158 valence electrons. The quantitative estimate of drug-likeness (QED) is 0.676. The van der Waals surface area contributed by atoms with Crippen LogP contribution < -0.4 is 10.1 Å². The average molecular weight is 391 g/mol. The number of anilines is 1. The fourth-order valence-electron chi connectivity index (χ4n) is 3.83. The van der Waals surface area contributed by atoms with Crippen LogP contribution in [0.5, 0.6) is 5.75 Å². The van der Waals surface area contributed by atoms with E-state index in [0.29, 0.717) is 5.92 Å². The Morgan fingerprint density at radius 1 is 1.25 bits per heavy atom. The second-order valence-corrected chi connectivity index (χ2v) is 8.75. The van der Waals surface area contributed by atoms with E-state index in [1.165, 1.54) is 17.7 Å². The number of carbonyl (C=O) groups is 1. The molecule has 2 aliphatic rings. The maximum Gasteiger partial charge on any atom is 0.410 e. The van der Waals surface area contributed by atoms with Crippen LogP contribution in [0.15, 0.2) is 18.2 Å². The topological polar surface area (TPSA) is 50.8 Å². The van der Waals surface area contributed by atoms with Crippen LogP contribution >= 0.6 is 0 Å². The molecular formula is C23H38N2O3. The van der Waals surface area contributed by atoms with Crippen LogP contribution in [0.3, 0.4) is 0 Å². The molecule has 1 fully saturated rings. The Morgan fingerprint density at radius 2 is 2.00 bits per heavy atom. The van der Waals surface area contributed by atoms with Crippen molar-refractivity contribution in [1.29, 1.82) is 0 Å². The van der Waals surface area contributed by atoms with Gasteiger partial charge in [-0.1, -0.05) is 7.43 Å². The molecule has 0 saturated carbocycles. The summed E-state index contributed by atoms with van der Waals surface area (Å²) in [6.07, 6.45) is 6.49. The van der Waals surface area contributed by atoms with E-state index in [0.717, 1.165) is 64.1 Å². The van der Waals surface area contributed by atoms with Crippen molar-refractivity contribution in [3.8, 4) is 5.75 Å². The summed E-state index contributed by atoms with van der Waals surface area (Å²) in [4.78, 5) is 14.0. The van der Waals surface area contributed by atoms with Crippen molar-refractivity contribution in [2.75, 3.05) is 31.6 Å². The van der Waals surface area contributed by atoms with Crippen molar-refractivity contribution in [3.63, 3.8) is 0 Å².